The molecule has 0 aliphatic carbocycles. The molecule has 1 aliphatic heterocycles. The standard InChI is InChI=1S/C17H16N2O2/c1-19-16(20)14-8-7-13(11-15(14)17(19)21)18-10-9-12-5-3-2-4-6-12/h2-8,11,18H,9-10H2,1H3. The van der Waals surface area contributed by atoms with Crippen molar-refractivity contribution in [2.45, 2.75) is 6.42 Å². The van der Waals surface area contributed by atoms with E-state index in [1.165, 1.54) is 12.6 Å². The van der Waals surface area contributed by atoms with Gasteiger partial charge in [0.05, 0.1) is 11.1 Å². The van der Waals surface area contributed by atoms with E-state index in [2.05, 4.69) is 17.4 Å². The van der Waals surface area contributed by atoms with Gasteiger partial charge in [0.15, 0.2) is 0 Å². The van der Waals surface area contributed by atoms with E-state index in [1.807, 2.05) is 24.3 Å². The highest BCUT2D eigenvalue weighted by Gasteiger charge is 2.32. The van der Waals surface area contributed by atoms with E-state index in [9.17, 15) is 9.59 Å². The number of carbonyl (C=O) groups excluding carboxylic acids is 2. The van der Waals surface area contributed by atoms with Crippen molar-refractivity contribution in [3.05, 3.63) is 65.2 Å². The summed E-state index contributed by atoms with van der Waals surface area (Å²) in [6.07, 6.45) is 0.907. The lowest BCUT2D eigenvalue weighted by Gasteiger charge is -2.07. The Balaban J connectivity index is 1.68. The molecule has 4 nitrogen and oxygen atoms in total. The van der Waals surface area contributed by atoms with Crippen LogP contribution >= 0.6 is 0 Å². The molecule has 2 amide bonds. The lowest BCUT2D eigenvalue weighted by atomic mass is 10.1. The van der Waals surface area contributed by atoms with Gasteiger partial charge in [0.25, 0.3) is 11.8 Å². The second-order valence-electron chi connectivity index (χ2n) is 5.09. The molecule has 0 aromatic heterocycles. The van der Waals surface area contributed by atoms with Gasteiger partial charge in [-0.1, -0.05) is 30.3 Å². The number of nitrogens with zero attached hydrogens (tertiary/aromatic N) is 1. The predicted molar refractivity (Wildman–Crippen MR) is 81.5 cm³/mol. The smallest absolute Gasteiger partial charge is 0.261 e. The zero-order valence-electron chi connectivity index (χ0n) is 11.8. The van der Waals surface area contributed by atoms with E-state index in [-0.39, 0.29) is 11.8 Å². The van der Waals surface area contributed by atoms with Crippen molar-refractivity contribution in [2.24, 2.45) is 0 Å². The van der Waals surface area contributed by atoms with Gasteiger partial charge in [0, 0.05) is 19.3 Å². The number of hydrogen-bond acceptors (Lipinski definition) is 3. The minimum atomic E-state index is -0.235. The zero-order chi connectivity index (χ0) is 14.8. The SMILES string of the molecule is CN1C(=O)c2ccc(NCCc3ccccc3)cc2C1=O. The van der Waals surface area contributed by atoms with Crippen molar-refractivity contribution >= 4 is 17.5 Å². The molecule has 0 saturated heterocycles. The maximum Gasteiger partial charge on any atom is 0.261 e. The number of imide groups is 1. The summed E-state index contributed by atoms with van der Waals surface area (Å²) in [5.41, 5.74) is 3.08. The van der Waals surface area contributed by atoms with E-state index >= 15 is 0 Å². The Morgan fingerprint density at radius 3 is 2.43 bits per heavy atom. The summed E-state index contributed by atoms with van der Waals surface area (Å²) in [5, 5.41) is 3.29. The van der Waals surface area contributed by atoms with Crippen LogP contribution in [0.15, 0.2) is 48.5 Å². The topological polar surface area (TPSA) is 49.4 Å². The van der Waals surface area contributed by atoms with Crippen LogP contribution in [0.2, 0.25) is 0 Å². The van der Waals surface area contributed by atoms with E-state index in [1.54, 1.807) is 12.1 Å². The number of rotatable bonds is 4. The average Bonchev–Trinajstić information content (AvgIpc) is 2.73. The van der Waals surface area contributed by atoms with E-state index < -0.39 is 0 Å². The second kappa shape index (κ2) is 5.40. The number of carbonyl (C=O) groups is 2. The van der Waals surface area contributed by atoms with Crippen molar-refractivity contribution in [1.29, 1.82) is 0 Å². The van der Waals surface area contributed by atoms with Crippen molar-refractivity contribution in [2.75, 3.05) is 18.9 Å². The van der Waals surface area contributed by atoms with Crippen LogP contribution in [0, 0.1) is 0 Å². The number of anilines is 1. The summed E-state index contributed by atoms with van der Waals surface area (Å²) in [6, 6.07) is 15.5. The van der Waals surface area contributed by atoms with Crippen LogP contribution in [0.4, 0.5) is 5.69 Å². The fourth-order valence-electron chi connectivity index (χ4n) is 2.47. The minimum absolute atomic E-state index is 0.231. The van der Waals surface area contributed by atoms with Crippen LogP contribution in [-0.2, 0) is 6.42 Å². The third-order valence-electron chi connectivity index (χ3n) is 3.68. The van der Waals surface area contributed by atoms with Crippen LogP contribution in [0.25, 0.3) is 0 Å². The number of amides is 2. The molecule has 2 aromatic rings. The molecule has 4 heteroatoms. The summed E-state index contributed by atoms with van der Waals surface area (Å²) >= 11 is 0. The first kappa shape index (κ1) is 13.4. The van der Waals surface area contributed by atoms with Gasteiger partial charge in [-0.05, 0) is 30.2 Å². The van der Waals surface area contributed by atoms with Gasteiger partial charge in [0.1, 0.15) is 0 Å². The number of benzene rings is 2. The molecule has 21 heavy (non-hydrogen) atoms. The molecule has 3 rings (SSSR count). The number of nitrogens with one attached hydrogen (secondary N) is 1. The molecule has 106 valence electrons. The third-order valence-corrected chi connectivity index (χ3v) is 3.68. The van der Waals surface area contributed by atoms with Gasteiger partial charge in [-0.25, -0.2) is 0 Å². The normalized spacial score (nSPS) is 13.5. The third kappa shape index (κ3) is 2.52. The highest BCUT2D eigenvalue weighted by Crippen LogP contribution is 2.24. The zero-order valence-corrected chi connectivity index (χ0v) is 11.8. The van der Waals surface area contributed by atoms with E-state index in [0.717, 1.165) is 23.6 Å². The van der Waals surface area contributed by atoms with Crippen LogP contribution in [-0.4, -0.2) is 30.3 Å². The quantitative estimate of drug-likeness (QED) is 0.876. The van der Waals surface area contributed by atoms with Crippen LogP contribution in [0.5, 0.6) is 0 Å². The fourth-order valence-corrected chi connectivity index (χ4v) is 2.47. The first-order chi connectivity index (χ1) is 10.2. The second-order valence-corrected chi connectivity index (χ2v) is 5.09. The maximum absolute atomic E-state index is 11.9. The molecule has 0 radical (unpaired) electrons. The monoisotopic (exact) mass is 280 g/mol. The van der Waals surface area contributed by atoms with Crippen molar-refractivity contribution < 1.29 is 9.59 Å². The molecule has 1 aliphatic rings. The highest BCUT2D eigenvalue weighted by atomic mass is 16.2. The van der Waals surface area contributed by atoms with E-state index in [4.69, 9.17) is 0 Å². The maximum atomic E-state index is 11.9. The summed E-state index contributed by atoms with van der Waals surface area (Å²) in [7, 11) is 1.51. The highest BCUT2D eigenvalue weighted by molar-refractivity contribution is 6.21. The molecule has 0 fully saturated rings. The Labute approximate surface area is 123 Å². The predicted octanol–water partition coefficient (Wildman–Crippen LogP) is 2.57. The molecule has 0 bridgehead atoms. The molecular weight excluding hydrogens is 264 g/mol. The van der Waals surface area contributed by atoms with E-state index in [0.29, 0.717) is 11.1 Å². The Kier molecular flexibility index (Phi) is 3.44. The van der Waals surface area contributed by atoms with Gasteiger partial charge >= 0.3 is 0 Å². The summed E-state index contributed by atoms with van der Waals surface area (Å²) < 4.78 is 0. The van der Waals surface area contributed by atoms with Crippen molar-refractivity contribution in [3.8, 4) is 0 Å². The van der Waals surface area contributed by atoms with Crippen LogP contribution in [0.1, 0.15) is 26.3 Å². The molecular formula is C17H16N2O2. The van der Waals surface area contributed by atoms with Crippen molar-refractivity contribution in [1.82, 2.24) is 4.90 Å². The average molecular weight is 280 g/mol. The Morgan fingerprint density at radius 1 is 0.952 bits per heavy atom. The van der Waals surface area contributed by atoms with Gasteiger partial charge < -0.3 is 5.32 Å². The summed E-state index contributed by atoms with van der Waals surface area (Å²) in [4.78, 5) is 24.9. The lowest BCUT2D eigenvalue weighted by Crippen LogP contribution is -2.24. The van der Waals surface area contributed by atoms with Gasteiger partial charge in [-0.15, -0.1) is 0 Å². The number of fused-ring (bicyclic) bond motifs is 1. The first-order valence-electron chi connectivity index (χ1n) is 6.91. The molecule has 1 N–H and O–H groups in total. The Bertz CT molecular complexity index is 695. The first-order valence-corrected chi connectivity index (χ1v) is 6.91. The molecule has 0 unspecified atom stereocenters. The molecule has 0 atom stereocenters. The Hall–Kier alpha value is -2.62. The lowest BCUT2D eigenvalue weighted by molar-refractivity contribution is 0.0693. The van der Waals surface area contributed by atoms with Crippen LogP contribution < -0.4 is 5.32 Å². The summed E-state index contributed by atoms with van der Waals surface area (Å²) in [5.74, 6) is -0.465. The van der Waals surface area contributed by atoms with Gasteiger partial charge in [-0.3, -0.25) is 14.5 Å². The minimum Gasteiger partial charge on any atom is -0.385 e. The van der Waals surface area contributed by atoms with Gasteiger partial charge in [-0.2, -0.15) is 0 Å². The van der Waals surface area contributed by atoms with Gasteiger partial charge in [0.2, 0.25) is 0 Å². The summed E-state index contributed by atoms with van der Waals surface area (Å²) in [6.45, 7) is 0.779. The largest absolute Gasteiger partial charge is 0.385 e. The van der Waals surface area contributed by atoms with Crippen molar-refractivity contribution in [3.63, 3.8) is 0 Å². The fraction of sp³-hybridized carbons (Fsp3) is 0.176. The molecule has 2 aromatic carbocycles. The molecule has 0 saturated carbocycles. The Morgan fingerprint density at radius 2 is 1.67 bits per heavy atom. The molecule has 1 heterocycles. The number of hydrogen-bond donors (Lipinski definition) is 1. The molecule has 0 spiro atoms. The van der Waals surface area contributed by atoms with Crippen LogP contribution in [0.3, 0.4) is 0 Å².